The maximum atomic E-state index is 10.2. The fourth-order valence-electron chi connectivity index (χ4n) is 1.57. The van der Waals surface area contributed by atoms with Crippen molar-refractivity contribution in [2.45, 2.75) is 37.8 Å². The summed E-state index contributed by atoms with van der Waals surface area (Å²) in [4.78, 5) is 10.2. The van der Waals surface area contributed by atoms with Gasteiger partial charge >= 0.3 is 5.97 Å². The number of aliphatic hydroxyl groups excluding tert-OH is 1. The maximum absolute atomic E-state index is 10.2. The van der Waals surface area contributed by atoms with Gasteiger partial charge in [-0.3, -0.25) is 4.79 Å². The minimum atomic E-state index is -0.868. The van der Waals surface area contributed by atoms with E-state index in [1.807, 2.05) is 0 Å². The van der Waals surface area contributed by atoms with Crippen LogP contribution in [0.4, 0.5) is 0 Å². The Balaban J connectivity index is 2.24. The Bertz CT molecular complexity index is 160. The number of carboxylic acid groups (broad SMARTS) is 1. The van der Waals surface area contributed by atoms with E-state index in [0.29, 0.717) is 0 Å². The molecule has 0 amide bonds. The van der Waals surface area contributed by atoms with Crippen LogP contribution >= 0.6 is 0 Å². The molecule has 0 aliphatic heterocycles. The molecule has 0 aromatic rings. The summed E-state index contributed by atoms with van der Waals surface area (Å²) in [6, 6.07) is -0.0187. The van der Waals surface area contributed by atoms with Gasteiger partial charge in [0.2, 0.25) is 0 Å². The van der Waals surface area contributed by atoms with E-state index in [4.69, 9.17) is 5.11 Å². The molecule has 12 heavy (non-hydrogen) atoms. The number of hydrogen-bond donors (Lipinski definition) is 3. The van der Waals surface area contributed by atoms with Crippen LogP contribution in [0.3, 0.4) is 0 Å². The third-order valence-corrected chi connectivity index (χ3v) is 2.24. The van der Waals surface area contributed by atoms with Crippen LogP contribution in [0.15, 0.2) is 0 Å². The van der Waals surface area contributed by atoms with E-state index in [2.05, 4.69) is 5.32 Å². The van der Waals surface area contributed by atoms with Crippen molar-refractivity contribution in [1.29, 1.82) is 0 Å². The van der Waals surface area contributed by atoms with Crippen molar-refractivity contribution < 1.29 is 15.0 Å². The molecule has 1 saturated carbocycles. The van der Waals surface area contributed by atoms with Gasteiger partial charge in [-0.15, -0.1) is 0 Å². The van der Waals surface area contributed by atoms with Crippen LogP contribution in [-0.2, 0) is 4.79 Å². The Morgan fingerprint density at radius 1 is 1.42 bits per heavy atom. The molecule has 1 fully saturated rings. The molecule has 0 aromatic heterocycles. The number of aliphatic carboxylic acids is 1. The topological polar surface area (TPSA) is 69.6 Å². The van der Waals surface area contributed by atoms with Crippen LogP contribution < -0.4 is 5.32 Å². The van der Waals surface area contributed by atoms with Crippen molar-refractivity contribution in [3.8, 4) is 0 Å². The van der Waals surface area contributed by atoms with Gasteiger partial charge in [-0.1, -0.05) is 12.8 Å². The van der Waals surface area contributed by atoms with Crippen molar-refractivity contribution >= 4 is 5.97 Å². The van der Waals surface area contributed by atoms with Gasteiger partial charge < -0.3 is 15.5 Å². The smallest absolute Gasteiger partial charge is 0.317 e. The quantitative estimate of drug-likeness (QED) is 0.560. The average Bonchev–Trinajstić information content (AvgIpc) is 2.03. The van der Waals surface area contributed by atoms with Crippen LogP contribution in [0, 0.1) is 0 Å². The van der Waals surface area contributed by atoms with Crippen LogP contribution in [0.25, 0.3) is 0 Å². The molecule has 70 valence electrons. The minimum absolute atomic E-state index is 0.0187. The Hall–Kier alpha value is -0.610. The van der Waals surface area contributed by atoms with E-state index in [-0.39, 0.29) is 18.7 Å². The number of carboxylic acids is 1. The zero-order chi connectivity index (χ0) is 8.97. The van der Waals surface area contributed by atoms with E-state index in [1.165, 1.54) is 0 Å². The van der Waals surface area contributed by atoms with Gasteiger partial charge in [0, 0.05) is 6.04 Å². The second kappa shape index (κ2) is 4.42. The van der Waals surface area contributed by atoms with E-state index < -0.39 is 5.97 Å². The normalized spacial score (nSPS) is 30.1. The molecule has 3 N–H and O–H groups in total. The molecular weight excluding hydrogens is 158 g/mol. The van der Waals surface area contributed by atoms with E-state index in [0.717, 1.165) is 25.7 Å². The van der Waals surface area contributed by atoms with Crippen molar-refractivity contribution in [1.82, 2.24) is 5.32 Å². The summed E-state index contributed by atoms with van der Waals surface area (Å²) >= 11 is 0. The number of nitrogens with one attached hydrogen (secondary N) is 1. The average molecular weight is 173 g/mol. The van der Waals surface area contributed by atoms with Crippen molar-refractivity contribution in [3.63, 3.8) is 0 Å². The van der Waals surface area contributed by atoms with Gasteiger partial charge in [-0.25, -0.2) is 0 Å². The first-order valence-corrected chi connectivity index (χ1v) is 4.33. The fraction of sp³-hybridized carbons (Fsp3) is 0.875. The first-order chi connectivity index (χ1) is 5.70. The Morgan fingerprint density at radius 2 is 2.08 bits per heavy atom. The zero-order valence-corrected chi connectivity index (χ0v) is 6.99. The summed E-state index contributed by atoms with van der Waals surface area (Å²) in [6.07, 6.45) is 3.44. The molecule has 0 radical (unpaired) electrons. The lowest BCUT2D eigenvalue weighted by atomic mass is 9.93. The zero-order valence-electron chi connectivity index (χ0n) is 6.99. The molecule has 1 aliphatic carbocycles. The van der Waals surface area contributed by atoms with Crippen molar-refractivity contribution in [2.75, 3.05) is 6.54 Å². The van der Waals surface area contributed by atoms with Crippen LogP contribution in [0.2, 0.25) is 0 Å². The molecule has 4 nitrogen and oxygen atoms in total. The molecule has 0 aromatic carbocycles. The molecule has 0 spiro atoms. The lowest BCUT2D eigenvalue weighted by molar-refractivity contribution is -0.136. The fourth-order valence-corrected chi connectivity index (χ4v) is 1.57. The first-order valence-electron chi connectivity index (χ1n) is 4.33. The highest BCUT2D eigenvalue weighted by Crippen LogP contribution is 2.17. The number of aliphatic hydroxyl groups is 1. The monoisotopic (exact) mass is 173 g/mol. The highest BCUT2D eigenvalue weighted by Gasteiger charge is 2.22. The summed E-state index contributed by atoms with van der Waals surface area (Å²) in [6.45, 7) is -0.0538. The molecule has 0 saturated heterocycles. The number of carbonyl (C=O) groups is 1. The lowest BCUT2D eigenvalue weighted by Gasteiger charge is -2.27. The molecule has 0 heterocycles. The highest BCUT2D eigenvalue weighted by molar-refractivity contribution is 5.69. The van der Waals surface area contributed by atoms with Crippen LogP contribution in [-0.4, -0.2) is 34.9 Å². The molecule has 4 heteroatoms. The summed E-state index contributed by atoms with van der Waals surface area (Å²) in [5.74, 6) is -0.868. The largest absolute Gasteiger partial charge is 0.480 e. The van der Waals surface area contributed by atoms with Gasteiger partial charge in [0.1, 0.15) is 0 Å². The predicted octanol–water partition coefficient (Wildman–Crippen LogP) is -0.0359. The summed E-state index contributed by atoms with van der Waals surface area (Å²) in [5.41, 5.74) is 0. The second-order valence-electron chi connectivity index (χ2n) is 3.23. The van der Waals surface area contributed by atoms with E-state index in [1.54, 1.807) is 0 Å². The van der Waals surface area contributed by atoms with Gasteiger partial charge in [0.15, 0.2) is 0 Å². The molecule has 1 aliphatic rings. The molecule has 0 unspecified atom stereocenters. The summed E-state index contributed by atoms with van der Waals surface area (Å²) < 4.78 is 0. The number of hydrogen-bond acceptors (Lipinski definition) is 3. The lowest BCUT2D eigenvalue weighted by Crippen LogP contribution is -2.44. The SMILES string of the molecule is O=C(O)CN[C@@H]1CCCC[C@H]1O. The third kappa shape index (κ3) is 2.79. The van der Waals surface area contributed by atoms with Crippen molar-refractivity contribution in [3.05, 3.63) is 0 Å². The molecule has 1 rings (SSSR count). The third-order valence-electron chi connectivity index (χ3n) is 2.24. The van der Waals surface area contributed by atoms with E-state index >= 15 is 0 Å². The summed E-state index contributed by atoms with van der Waals surface area (Å²) in [7, 11) is 0. The van der Waals surface area contributed by atoms with Crippen LogP contribution in [0.5, 0.6) is 0 Å². The van der Waals surface area contributed by atoms with Gasteiger partial charge in [-0.2, -0.15) is 0 Å². The first kappa shape index (κ1) is 9.48. The second-order valence-corrected chi connectivity index (χ2v) is 3.23. The maximum Gasteiger partial charge on any atom is 0.317 e. The number of rotatable bonds is 3. The Labute approximate surface area is 71.6 Å². The van der Waals surface area contributed by atoms with Crippen molar-refractivity contribution in [2.24, 2.45) is 0 Å². The standard InChI is InChI=1S/C8H15NO3/c10-7-4-2-1-3-6(7)9-5-8(11)12/h6-7,9-10H,1-5H2,(H,11,12)/t6-,7-/m1/s1. The van der Waals surface area contributed by atoms with E-state index in [9.17, 15) is 9.90 Å². The minimum Gasteiger partial charge on any atom is -0.480 e. The van der Waals surface area contributed by atoms with Gasteiger partial charge in [0.25, 0.3) is 0 Å². The molecular formula is C8H15NO3. The highest BCUT2D eigenvalue weighted by atomic mass is 16.4. The molecule has 2 atom stereocenters. The van der Waals surface area contributed by atoms with Gasteiger partial charge in [-0.05, 0) is 12.8 Å². The predicted molar refractivity (Wildman–Crippen MR) is 43.9 cm³/mol. The van der Waals surface area contributed by atoms with Gasteiger partial charge in [0.05, 0.1) is 12.6 Å². The van der Waals surface area contributed by atoms with Crippen LogP contribution in [0.1, 0.15) is 25.7 Å². The molecule has 0 bridgehead atoms. The Kier molecular flexibility index (Phi) is 3.49. The summed E-state index contributed by atoms with van der Waals surface area (Å²) in [5, 5.41) is 20.6. The Morgan fingerprint density at radius 3 is 2.67 bits per heavy atom.